The third-order valence-electron chi connectivity index (χ3n) is 11.5. The van der Waals surface area contributed by atoms with Gasteiger partial charge in [0, 0.05) is 24.9 Å². The topological polar surface area (TPSA) is 81.0 Å². The van der Waals surface area contributed by atoms with Gasteiger partial charge in [0.2, 0.25) is 0 Å². The zero-order valence-corrected chi connectivity index (χ0v) is 25.6. The zero-order valence-electron chi connectivity index (χ0n) is 25.6. The van der Waals surface area contributed by atoms with Gasteiger partial charge in [0.25, 0.3) is 5.91 Å². The van der Waals surface area contributed by atoms with E-state index in [1.807, 2.05) is 30.0 Å². The fourth-order valence-electron chi connectivity index (χ4n) is 8.97. The van der Waals surface area contributed by atoms with Crippen LogP contribution in [-0.2, 0) is 11.2 Å². The number of aliphatic hydroxyl groups is 3. The maximum atomic E-state index is 13.2. The predicted molar refractivity (Wildman–Crippen MR) is 164 cm³/mol. The summed E-state index contributed by atoms with van der Waals surface area (Å²) in [7, 11) is 0. The molecule has 4 aliphatic rings. The van der Waals surface area contributed by atoms with Gasteiger partial charge in [-0.05, 0) is 98.2 Å². The van der Waals surface area contributed by atoms with E-state index in [1.54, 1.807) is 6.92 Å². The lowest BCUT2D eigenvalue weighted by atomic mass is 9.60. The van der Waals surface area contributed by atoms with Crippen molar-refractivity contribution in [3.05, 3.63) is 71.3 Å². The highest BCUT2D eigenvalue weighted by Gasteiger charge is 2.53. The van der Waals surface area contributed by atoms with Crippen molar-refractivity contribution in [3.8, 4) is 0 Å². The van der Waals surface area contributed by atoms with Crippen LogP contribution >= 0.6 is 0 Å². The largest absolute Gasteiger partial charge is 0.392 e. The van der Waals surface area contributed by atoms with E-state index in [1.165, 1.54) is 36.8 Å². The molecule has 1 aromatic carbocycles. The molecule has 9 atom stereocenters. The molecule has 0 aromatic heterocycles. The summed E-state index contributed by atoms with van der Waals surface area (Å²) in [5.74, 6) is 1.27. The molecule has 1 saturated heterocycles. The molecule has 3 N–H and O–H groups in total. The highest BCUT2D eigenvalue weighted by Crippen LogP contribution is 2.60. The second-order valence-electron chi connectivity index (χ2n) is 14.2. The highest BCUT2D eigenvalue weighted by atomic mass is 16.3. The molecule has 0 radical (unpaired) electrons. The maximum Gasteiger partial charge on any atom is 0.254 e. The number of hydrogen-bond donors (Lipinski definition) is 3. The van der Waals surface area contributed by atoms with Gasteiger partial charge in [-0.1, -0.05) is 75.4 Å². The second-order valence-corrected chi connectivity index (χ2v) is 14.2. The van der Waals surface area contributed by atoms with Crippen LogP contribution in [0.15, 0.2) is 65.8 Å². The van der Waals surface area contributed by atoms with E-state index < -0.39 is 17.8 Å². The summed E-state index contributed by atoms with van der Waals surface area (Å²) in [6, 6.07) is 10.4. The van der Waals surface area contributed by atoms with Gasteiger partial charge >= 0.3 is 0 Å². The van der Waals surface area contributed by atoms with Crippen molar-refractivity contribution in [1.29, 1.82) is 0 Å². The van der Waals surface area contributed by atoms with E-state index in [0.29, 0.717) is 37.1 Å². The van der Waals surface area contributed by atoms with Gasteiger partial charge < -0.3 is 20.2 Å². The summed E-state index contributed by atoms with van der Waals surface area (Å²) in [5, 5.41) is 31.9. The first-order valence-corrected chi connectivity index (χ1v) is 15.9. The molecule has 1 heterocycles. The number of aliphatic hydroxyl groups excluding tert-OH is 2. The van der Waals surface area contributed by atoms with Crippen molar-refractivity contribution >= 4 is 5.91 Å². The SMILES string of the molecule is C=C1/C(=C\C=C2/CCC[C@]3(C)[C@@H]([C@H](C)C[C@H]4C[C@](C)(O)C(=O)N4CCc4ccccc4)CC[C@@H]23)C[C@@H](O)[C@H](C)[C@@H]1O. The van der Waals surface area contributed by atoms with Crippen LogP contribution in [0.5, 0.6) is 0 Å². The number of hydrogen-bond acceptors (Lipinski definition) is 4. The molecule has 224 valence electrons. The smallest absolute Gasteiger partial charge is 0.254 e. The molecule has 3 saturated carbocycles. The van der Waals surface area contributed by atoms with Gasteiger partial charge in [0.05, 0.1) is 12.2 Å². The molecule has 5 heteroatoms. The van der Waals surface area contributed by atoms with Gasteiger partial charge in [0.1, 0.15) is 5.60 Å². The monoisotopic (exact) mass is 561 g/mol. The number of nitrogens with zero attached hydrogens (tertiary/aromatic N) is 1. The first-order valence-electron chi connectivity index (χ1n) is 15.9. The second kappa shape index (κ2) is 11.8. The zero-order chi connectivity index (χ0) is 29.5. The molecule has 1 aliphatic heterocycles. The quantitative estimate of drug-likeness (QED) is 0.382. The molecule has 1 amide bonds. The number of rotatable bonds is 7. The van der Waals surface area contributed by atoms with Crippen LogP contribution < -0.4 is 0 Å². The Bertz CT molecular complexity index is 1190. The highest BCUT2D eigenvalue weighted by molar-refractivity contribution is 5.87. The molecule has 41 heavy (non-hydrogen) atoms. The Kier molecular flexibility index (Phi) is 8.72. The van der Waals surface area contributed by atoms with E-state index in [2.05, 4.69) is 44.7 Å². The van der Waals surface area contributed by atoms with Crippen LogP contribution in [0.25, 0.3) is 0 Å². The number of fused-ring (bicyclic) bond motifs is 1. The summed E-state index contributed by atoms with van der Waals surface area (Å²) in [6.07, 6.45) is 11.9. The molecular formula is C36H51NO4. The number of amides is 1. The van der Waals surface area contributed by atoms with Gasteiger partial charge in [-0.25, -0.2) is 0 Å². The minimum Gasteiger partial charge on any atom is -0.392 e. The van der Waals surface area contributed by atoms with Gasteiger partial charge in [-0.3, -0.25) is 4.79 Å². The fraction of sp³-hybridized carbons (Fsp3) is 0.639. The predicted octanol–water partition coefficient (Wildman–Crippen LogP) is 5.99. The summed E-state index contributed by atoms with van der Waals surface area (Å²) in [5.41, 5.74) is 3.38. The van der Waals surface area contributed by atoms with Gasteiger partial charge in [-0.15, -0.1) is 0 Å². The van der Waals surface area contributed by atoms with E-state index >= 15 is 0 Å². The molecule has 5 rings (SSSR count). The van der Waals surface area contributed by atoms with E-state index in [-0.39, 0.29) is 23.3 Å². The number of benzene rings is 1. The van der Waals surface area contributed by atoms with Crippen molar-refractivity contribution in [2.45, 2.75) is 109 Å². The lowest BCUT2D eigenvalue weighted by molar-refractivity contribution is -0.142. The molecule has 5 nitrogen and oxygen atoms in total. The van der Waals surface area contributed by atoms with Crippen LogP contribution in [0.4, 0.5) is 0 Å². The normalized spacial score (nSPS) is 40.4. The van der Waals surface area contributed by atoms with Crippen molar-refractivity contribution in [3.63, 3.8) is 0 Å². The van der Waals surface area contributed by atoms with Crippen LogP contribution in [0.1, 0.15) is 84.6 Å². The standard InChI is InChI=1S/C36H51NO4/c1-23(20-29-22-36(5,41)34(40)37(29)19-17-26-10-7-6-8-11-26)30-15-16-31-27(12-9-18-35(30,31)4)13-14-28-21-32(38)25(3)33(39)24(28)2/h6-8,10-11,13-14,23,25,29-33,38-39,41H,2,9,12,15-22H2,1,3-5H3/b27-13+,28-14-/t23-,25+,29+,30-,31+,32-,33-,35-,36+/m1/s1. The average molecular weight is 562 g/mol. The fourth-order valence-corrected chi connectivity index (χ4v) is 8.97. The third kappa shape index (κ3) is 5.87. The Hall–Kier alpha value is -2.21. The van der Waals surface area contributed by atoms with Crippen molar-refractivity contribution in [1.82, 2.24) is 4.90 Å². The van der Waals surface area contributed by atoms with Gasteiger partial charge in [-0.2, -0.15) is 0 Å². The lowest BCUT2D eigenvalue weighted by Gasteiger charge is -2.45. The average Bonchev–Trinajstić information content (AvgIpc) is 3.40. The van der Waals surface area contributed by atoms with Gasteiger partial charge in [0.15, 0.2) is 0 Å². The van der Waals surface area contributed by atoms with Crippen molar-refractivity contribution in [2.24, 2.45) is 29.1 Å². The molecular weight excluding hydrogens is 510 g/mol. The Balaban J connectivity index is 1.29. The Labute approximate surface area is 247 Å². The molecule has 1 aromatic rings. The van der Waals surface area contributed by atoms with Crippen LogP contribution in [0.3, 0.4) is 0 Å². The number of carbonyl (C=O) groups is 1. The summed E-state index contributed by atoms with van der Waals surface area (Å²) >= 11 is 0. The van der Waals surface area contributed by atoms with E-state index in [4.69, 9.17) is 0 Å². The van der Waals surface area contributed by atoms with Crippen LogP contribution in [0.2, 0.25) is 0 Å². The van der Waals surface area contributed by atoms with E-state index in [0.717, 1.165) is 30.4 Å². The summed E-state index contributed by atoms with van der Waals surface area (Å²) in [6.45, 7) is 13.2. The van der Waals surface area contributed by atoms with Crippen LogP contribution in [-0.4, -0.2) is 56.5 Å². The number of carbonyl (C=O) groups excluding carboxylic acids is 1. The maximum absolute atomic E-state index is 13.2. The molecule has 0 spiro atoms. The number of allylic oxidation sites excluding steroid dienone is 3. The first-order chi connectivity index (χ1) is 19.4. The van der Waals surface area contributed by atoms with Crippen LogP contribution in [0, 0.1) is 29.1 Å². The Morgan fingerprint density at radius 2 is 1.88 bits per heavy atom. The minimum absolute atomic E-state index is 0.0692. The lowest BCUT2D eigenvalue weighted by Crippen LogP contribution is -2.41. The molecule has 0 bridgehead atoms. The minimum atomic E-state index is -1.28. The van der Waals surface area contributed by atoms with Crippen molar-refractivity contribution in [2.75, 3.05) is 6.54 Å². The molecule has 4 fully saturated rings. The van der Waals surface area contributed by atoms with E-state index in [9.17, 15) is 20.1 Å². The Morgan fingerprint density at radius 1 is 1.15 bits per heavy atom. The molecule has 3 aliphatic carbocycles. The first kappa shape index (κ1) is 30.3. The number of likely N-dealkylation sites (tertiary alicyclic amines) is 1. The Morgan fingerprint density at radius 3 is 2.61 bits per heavy atom. The summed E-state index contributed by atoms with van der Waals surface area (Å²) < 4.78 is 0. The molecule has 0 unspecified atom stereocenters. The summed E-state index contributed by atoms with van der Waals surface area (Å²) in [4.78, 5) is 15.2. The third-order valence-corrected chi connectivity index (χ3v) is 11.5. The van der Waals surface area contributed by atoms with Crippen molar-refractivity contribution < 1.29 is 20.1 Å².